The minimum absolute atomic E-state index is 0. The van der Waals surface area contributed by atoms with Gasteiger partial charge in [-0.3, -0.25) is 0 Å². The number of aromatic nitrogens is 2. The first-order valence-electron chi connectivity index (χ1n) is 5.23. The lowest BCUT2D eigenvalue weighted by molar-refractivity contribution is 1.27. The largest absolute Gasteiger partial charge is 0.266 e. The minimum Gasteiger partial charge on any atom is -0.250 e. The minimum atomic E-state index is -1.61. The lowest BCUT2D eigenvalue weighted by Gasteiger charge is -1.91. The van der Waals surface area contributed by atoms with Gasteiger partial charge in [-0.1, -0.05) is 69.8 Å². The van der Waals surface area contributed by atoms with Crippen LogP contribution in [0.25, 0.3) is 0 Å². The third-order valence-electron chi connectivity index (χ3n) is 1.52. The summed E-state index contributed by atoms with van der Waals surface area (Å²) in [5.74, 6) is 0. The monoisotopic (exact) mass is 472 g/mol. The molecule has 0 bridgehead atoms. The molecular weight excluding hydrogens is 458 g/mol. The van der Waals surface area contributed by atoms with Crippen LogP contribution in [0.2, 0.25) is 0 Å². The second kappa shape index (κ2) is 12.3. The summed E-state index contributed by atoms with van der Waals surface area (Å²) < 4.78 is -1.61. The second-order valence-corrected chi connectivity index (χ2v) is 10.2. The van der Waals surface area contributed by atoms with Gasteiger partial charge < -0.3 is 0 Å². The number of alkyl halides is 5. The van der Waals surface area contributed by atoms with E-state index in [-0.39, 0.29) is 7.43 Å². The number of nitrogens with zero attached hydrogens (tertiary/aromatic N) is 2. The molecule has 0 amide bonds. The number of hydrogen-bond acceptors (Lipinski definition) is 4. The van der Waals surface area contributed by atoms with Crippen LogP contribution in [0.15, 0.2) is 12.4 Å². The van der Waals surface area contributed by atoms with E-state index in [9.17, 15) is 0 Å². The molecule has 0 aromatic carbocycles. The van der Waals surface area contributed by atoms with Gasteiger partial charge in [0, 0.05) is 22.1 Å². The van der Waals surface area contributed by atoms with Crippen molar-refractivity contribution in [2.24, 2.45) is 0 Å². The third kappa shape index (κ3) is 17.1. The molecule has 9 heteroatoms. The Morgan fingerprint density at radius 2 is 1.43 bits per heavy atom. The van der Waals surface area contributed by atoms with Gasteiger partial charge >= 0.3 is 0 Å². The molecule has 0 radical (unpaired) electrons. The highest BCUT2D eigenvalue weighted by Gasteiger charge is 2.11. The van der Waals surface area contributed by atoms with Crippen LogP contribution < -0.4 is 0 Å². The van der Waals surface area contributed by atoms with Crippen LogP contribution >= 0.6 is 85.0 Å². The Balaban J connectivity index is 0. The topological polar surface area (TPSA) is 25.8 Å². The molecule has 0 spiro atoms. The summed E-state index contributed by atoms with van der Waals surface area (Å²) in [5, 5.41) is 3.19. The smallest absolute Gasteiger partial charge is 0.250 e. The van der Waals surface area contributed by atoms with E-state index in [1.165, 1.54) is 9.75 Å². The van der Waals surface area contributed by atoms with Crippen LogP contribution in [0, 0.1) is 20.8 Å². The molecule has 2 aromatic rings. The Hall–Kier alpha value is 0.900. The molecule has 0 aliphatic carbocycles. The van der Waals surface area contributed by atoms with Crippen molar-refractivity contribution in [3.05, 3.63) is 32.2 Å². The first-order chi connectivity index (χ1) is 9.11. The van der Waals surface area contributed by atoms with Gasteiger partial charge in [0.05, 0.1) is 10.3 Å². The maximum Gasteiger partial charge on any atom is 0.266 e. The quantitative estimate of drug-likeness (QED) is 0.405. The summed E-state index contributed by atoms with van der Waals surface area (Å²) in [6, 6.07) is 0. The molecule has 0 aliphatic rings. The summed E-state index contributed by atoms with van der Waals surface area (Å²) in [7, 11) is 0. The predicted molar refractivity (Wildman–Crippen MR) is 104 cm³/mol. The highest BCUT2D eigenvalue weighted by atomic mass is 79.9. The number of thiazole rings is 2. The van der Waals surface area contributed by atoms with E-state index < -0.39 is 3.25 Å². The van der Waals surface area contributed by atoms with Gasteiger partial charge in [-0.25, -0.2) is 9.97 Å². The number of aryl methyl sites for hydroxylation is 3. The summed E-state index contributed by atoms with van der Waals surface area (Å²) in [6.45, 7) is 6.13. The molecule has 0 saturated carbocycles. The molecule has 0 fully saturated rings. The van der Waals surface area contributed by atoms with Crippen molar-refractivity contribution < 1.29 is 0 Å². The molecule has 21 heavy (non-hydrogen) atoms. The zero-order valence-corrected chi connectivity index (χ0v) is 17.2. The molecule has 0 N–H and O–H groups in total. The average Bonchev–Trinajstić information content (AvgIpc) is 2.86. The van der Waals surface area contributed by atoms with Crippen LogP contribution in [0.3, 0.4) is 0 Å². The van der Waals surface area contributed by atoms with Crippen LogP contribution in [-0.4, -0.2) is 13.2 Å². The number of halogens is 5. The van der Waals surface area contributed by atoms with Crippen LogP contribution in [0.1, 0.15) is 27.2 Å². The Morgan fingerprint density at radius 1 is 1.00 bits per heavy atom. The van der Waals surface area contributed by atoms with E-state index in [0.29, 0.717) is 0 Å². The van der Waals surface area contributed by atoms with Crippen molar-refractivity contribution in [2.45, 2.75) is 36.8 Å². The summed E-state index contributed by atoms with van der Waals surface area (Å²) in [5.41, 5.74) is 0. The van der Waals surface area contributed by atoms with Gasteiger partial charge in [0.25, 0.3) is 3.25 Å². The zero-order chi connectivity index (χ0) is 15.8. The van der Waals surface area contributed by atoms with Crippen molar-refractivity contribution >= 4 is 85.0 Å². The SMILES string of the molecule is C.Cc1cnc(C)s1.Cc1cnc(CBr)s1.ClC(Cl)(Cl)Cl. The van der Waals surface area contributed by atoms with E-state index >= 15 is 0 Å². The Morgan fingerprint density at radius 3 is 1.57 bits per heavy atom. The van der Waals surface area contributed by atoms with Crippen LogP contribution in [0.4, 0.5) is 0 Å². The predicted octanol–water partition coefficient (Wildman–Crippen LogP) is 7.30. The van der Waals surface area contributed by atoms with Gasteiger partial charge in [-0.15, -0.1) is 22.7 Å². The van der Waals surface area contributed by atoms with E-state index in [0.717, 1.165) is 15.3 Å². The molecule has 0 saturated heterocycles. The van der Waals surface area contributed by atoms with Gasteiger partial charge in [-0.05, 0) is 20.8 Å². The van der Waals surface area contributed by atoms with Crippen LogP contribution in [0.5, 0.6) is 0 Å². The fraction of sp³-hybridized carbons (Fsp3) is 0.500. The molecule has 122 valence electrons. The van der Waals surface area contributed by atoms with E-state index in [2.05, 4.69) is 39.7 Å². The normalized spacial score (nSPS) is 9.71. The van der Waals surface area contributed by atoms with E-state index in [1.807, 2.05) is 19.3 Å². The first kappa shape index (κ1) is 24.2. The molecular formula is C12H17BrCl4N2S2. The Labute approximate surface area is 162 Å². The average molecular weight is 475 g/mol. The molecule has 2 rings (SSSR count). The van der Waals surface area contributed by atoms with E-state index in [1.54, 1.807) is 22.7 Å². The molecule has 2 nitrogen and oxygen atoms in total. The first-order valence-corrected chi connectivity index (χ1v) is 9.50. The van der Waals surface area contributed by atoms with Gasteiger partial charge in [0.15, 0.2) is 0 Å². The highest BCUT2D eigenvalue weighted by Crippen LogP contribution is 2.29. The number of hydrogen-bond donors (Lipinski definition) is 0. The molecule has 2 heterocycles. The lowest BCUT2D eigenvalue weighted by Crippen LogP contribution is -1.81. The van der Waals surface area contributed by atoms with Crippen molar-refractivity contribution in [1.82, 2.24) is 9.97 Å². The van der Waals surface area contributed by atoms with Gasteiger partial charge in [-0.2, -0.15) is 0 Å². The Bertz CT molecular complexity index is 475. The maximum absolute atomic E-state index is 4.83. The summed E-state index contributed by atoms with van der Waals surface area (Å²) >= 11 is 26.1. The molecule has 2 aromatic heterocycles. The fourth-order valence-corrected chi connectivity index (χ4v) is 2.73. The standard InChI is InChI=1S/C5H6BrNS.C5H7NS.CCl4.CH4/c1-4-3-7-5(2-6)8-4;1-4-3-6-5(2)7-4;2-1(3,4)5;/h3H,2H2,1H3;3H,1-2H3;;1H4. The zero-order valence-electron chi connectivity index (χ0n) is 11.0. The van der Waals surface area contributed by atoms with Crippen molar-refractivity contribution in [3.63, 3.8) is 0 Å². The van der Waals surface area contributed by atoms with Gasteiger partial charge in [0.1, 0.15) is 5.01 Å². The second-order valence-electron chi connectivity index (χ2n) is 3.42. The molecule has 0 aliphatic heterocycles. The molecule has 0 unspecified atom stereocenters. The van der Waals surface area contributed by atoms with E-state index in [4.69, 9.17) is 46.4 Å². The highest BCUT2D eigenvalue weighted by molar-refractivity contribution is 9.08. The summed E-state index contributed by atoms with van der Waals surface area (Å²) in [4.78, 5) is 10.7. The van der Waals surface area contributed by atoms with Crippen LogP contribution in [-0.2, 0) is 5.33 Å². The molecule has 0 atom stereocenters. The maximum atomic E-state index is 4.83. The third-order valence-corrected chi connectivity index (χ3v) is 4.16. The van der Waals surface area contributed by atoms with Crippen molar-refractivity contribution in [2.75, 3.05) is 0 Å². The van der Waals surface area contributed by atoms with Crippen molar-refractivity contribution in [1.29, 1.82) is 0 Å². The van der Waals surface area contributed by atoms with Gasteiger partial charge in [0.2, 0.25) is 0 Å². The number of rotatable bonds is 1. The van der Waals surface area contributed by atoms with Crippen molar-refractivity contribution in [3.8, 4) is 0 Å². The fourth-order valence-electron chi connectivity index (χ4n) is 0.931. The lowest BCUT2D eigenvalue weighted by atomic mass is 10.6. The Kier molecular flexibility index (Phi) is 14.2. The summed E-state index contributed by atoms with van der Waals surface area (Å²) in [6.07, 6.45) is 3.78.